The van der Waals surface area contributed by atoms with E-state index in [9.17, 15) is 17.2 Å². The number of hydrogen-bond donors (Lipinski definition) is 1. The lowest BCUT2D eigenvalue weighted by Gasteiger charge is -2.27. The van der Waals surface area contributed by atoms with Gasteiger partial charge in [0.15, 0.2) is 0 Å². The van der Waals surface area contributed by atoms with Crippen molar-refractivity contribution in [3.8, 4) is 5.75 Å². The molecular formula is C14H19ClF2N2O3S. The zero-order chi connectivity index (χ0) is 17.0. The third-order valence-electron chi connectivity index (χ3n) is 3.61. The van der Waals surface area contributed by atoms with Crippen molar-refractivity contribution < 1.29 is 21.9 Å². The van der Waals surface area contributed by atoms with Crippen LogP contribution in [0.5, 0.6) is 5.75 Å². The number of hydrogen-bond acceptors (Lipinski definition) is 4. The Hall–Kier alpha value is -0.960. The summed E-state index contributed by atoms with van der Waals surface area (Å²) in [6.07, 6.45) is 1.41. The van der Waals surface area contributed by atoms with Crippen LogP contribution in [0.15, 0.2) is 23.1 Å². The molecule has 1 fully saturated rings. The third kappa shape index (κ3) is 4.32. The number of rotatable bonds is 7. The zero-order valence-corrected chi connectivity index (χ0v) is 14.2. The number of benzene rings is 1. The van der Waals surface area contributed by atoms with E-state index in [1.54, 1.807) is 0 Å². The molecule has 23 heavy (non-hydrogen) atoms. The molecule has 1 unspecified atom stereocenters. The molecule has 1 aromatic rings. The second kappa shape index (κ2) is 7.74. The normalized spacial score (nSPS) is 18.8. The highest BCUT2D eigenvalue weighted by Crippen LogP contribution is 2.31. The Morgan fingerprint density at radius 2 is 2.22 bits per heavy atom. The van der Waals surface area contributed by atoms with Gasteiger partial charge >= 0.3 is 6.61 Å². The highest BCUT2D eigenvalue weighted by atomic mass is 35.5. The molecule has 1 heterocycles. The van der Waals surface area contributed by atoms with E-state index in [-0.39, 0.29) is 21.7 Å². The smallest absolute Gasteiger partial charge is 0.387 e. The molecule has 0 spiro atoms. The van der Waals surface area contributed by atoms with Crippen molar-refractivity contribution in [3.05, 3.63) is 23.2 Å². The quantitative estimate of drug-likeness (QED) is 0.804. The summed E-state index contributed by atoms with van der Waals surface area (Å²) in [6, 6.07) is 3.43. The van der Waals surface area contributed by atoms with Gasteiger partial charge < -0.3 is 10.1 Å². The lowest BCUT2D eigenvalue weighted by Crippen LogP contribution is -2.42. The van der Waals surface area contributed by atoms with Gasteiger partial charge in [-0.2, -0.15) is 13.1 Å². The fourth-order valence-electron chi connectivity index (χ4n) is 2.57. The van der Waals surface area contributed by atoms with Gasteiger partial charge in [-0.15, -0.1) is 0 Å². The Morgan fingerprint density at radius 3 is 2.74 bits per heavy atom. The van der Waals surface area contributed by atoms with Gasteiger partial charge in [-0.05, 0) is 37.6 Å². The Bertz CT molecular complexity index is 637. The van der Waals surface area contributed by atoms with Gasteiger partial charge in [0, 0.05) is 19.1 Å². The highest BCUT2D eigenvalue weighted by Gasteiger charge is 2.33. The topological polar surface area (TPSA) is 58.6 Å². The van der Waals surface area contributed by atoms with Gasteiger partial charge in [0.1, 0.15) is 5.75 Å². The van der Waals surface area contributed by atoms with E-state index in [0.29, 0.717) is 19.5 Å². The number of halogens is 3. The molecule has 0 aromatic heterocycles. The fourth-order valence-corrected chi connectivity index (χ4v) is 4.64. The summed E-state index contributed by atoms with van der Waals surface area (Å²) in [6.45, 7) is 0.636. The van der Waals surface area contributed by atoms with Crippen LogP contribution in [0.1, 0.15) is 19.8 Å². The van der Waals surface area contributed by atoms with E-state index in [1.165, 1.54) is 10.4 Å². The van der Waals surface area contributed by atoms with Gasteiger partial charge in [0.05, 0.1) is 9.92 Å². The second-order valence-electron chi connectivity index (χ2n) is 5.23. The van der Waals surface area contributed by atoms with Crippen LogP contribution >= 0.6 is 11.6 Å². The molecule has 1 N–H and O–H groups in total. The summed E-state index contributed by atoms with van der Waals surface area (Å²) in [5.41, 5.74) is 0. The maximum Gasteiger partial charge on any atom is 0.387 e. The van der Waals surface area contributed by atoms with Gasteiger partial charge in [-0.1, -0.05) is 18.5 Å². The molecule has 0 amide bonds. The first-order chi connectivity index (χ1) is 10.9. The summed E-state index contributed by atoms with van der Waals surface area (Å²) in [5.74, 6) is -0.245. The average Bonchev–Trinajstić information content (AvgIpc) is 3.00. The number of ether oxygens (including phenoxy) is 1. The Balaban J connectivity index is 2.31. The van der Waals surface area contributed by atoms with Crippen molar-refractivity contribution in [2.75, 3.05) is 19.6 Å². The maximum atomic E-state index is 12.8. The van der Waals surface area contributed by atoms with Crippen molar-refractivity contribution >= 4 is 21.6 Å². The molecule has 0 aliphatic carbocycles. The third-order valence-corrected chi connectivity index (χ3v) is 5.85. The van der Waals surface area contributed by atoms with Crippen molar-refractivity contribution in [1.29, 1.82) is 0 Å². The molecule has 9 heteroatoms. The van der Waals surface area contributed by atoms with Crippen LogP contribution in [0.2, 0.25) is 5.02 Å². The molecule has 1 aromatic carbocycles. The molecule has 1 saturated heterocycles. The summed E-state index contributed by atoms with van der Waals surface area (Å²) < 4.78 is 55.9. The minimum atomic E-state index is -3.75. The summed E-state index contributed by atoms with van der Waals surface area (Å²) in [5, 5.41) is 2.98. The van der Waals surface area contributed by atoms with Gasteiger partial charge in [0.2, 0.25) is 10.0 Å². The molecule has 1 aliphatic rings. The van der Waals surface area contributed by atoms with Crippen LogP contribution < -0.4 is 10.1 Å². The first-order valence-corrected chi connectivity index (χ1v) is 9.15. The number of nitrogens with zero attached hydrogens (tertiary/aromatic N) is 1. The largest absolute Gasteiger partial charge is 0.433 e. The van der Waals surface area contributed by atoms with Crippen LogP contribution in [-0.4, -0.2) is 45.0 Å². The fraction of sp³-hybridized carbons (Fsp3) is 0.571. The van der Waals surface area contributed by atoms with Gasteiger partial charge in [0.25, 0.3) is 0 Å². The Labute approximate surface area is 139 Å². The van der Waals surface area contributed by atoms with E-state index >= 15 is 0 Å². The van der Waals surface area contributed by atoms with Crippen molar-refractivity contribution in [2.24, 2.45) is 0 Å². The predicted octanol–water partition coefficient (Wildman–Crippen LogP) is 2.70. The van der Waals surface area contributed by atoms with Crippen molar-refractivity contribution in [2.45, 2.75) is 37.3 Å². The van der Waals surface area contributed by atoms with E-state index < -0.39 is 16.6 Å². The van der Waals surface area contributed by atoms with Crippen LogP contribution in [0, 0.1) is 0 Å². The van der Waals surface area contributed by atoms with Crippen LogP contribution in [-0.2, 0) is 10.0 Å². The maximum absolute atomic E-state index is 12.8. The highest BCUT2D eigenvalue weighted by molar-refractivity contribution is 7.89. The first kappa shape index (κ1) is 18.4. The standard InChI is InChI=1S/C14H19ClF2N2O3S/c1-2-7-19(10-5-6-18-9-10)23(20,21)11-3-4-13(12(15)8-11)22-14(16)17/h3-4,8,10,14,18H,2,5-7,9H2,1H3. The minimum absolute atomic E-state index is 0.0236. The first-order valence-electron chi connectivity index (χ1n) is 7.33. The Kier molecular flexibility index (Phi) is 6.19. The van der Waals surface area contributed by atoms with E-state index in [1.807, 2.05) is 6.92 Å². The molecular weight excluding hydrogens is 350 g/mol. The van der Waals surface area contributed by atoms with Crippen molar-refractivity contribution in [3.63, 3.8) is 0 Å². The number of nitrogens with one attached hydrogen (secondary N) is 1. The van der Waals surface area contributed by atoms with E-state index in [0.717, 1.165) is 25.1 Å². The molecule has 0 saturated carbocycles. The van der Waals surface area contributed by atoms with E-state index in [4.69, 9.17) is 11.6 Å². The lowest BCUT2D eigenvalue weighted by atomic mass is 10.2. The average molecular weight is 369 g/mol. The SMILES string of the molecule is CCCN(C1CCNC1)S(=O)(=O)c1ccc(OC(F)F)c(Cl)c1. The number of alkyl halides is 2. The molecule has 130 valence electrons. The van der Waals surface area contributed by atoms with E-state index in [2.05, 4.69) is 10.1 Å². The summed E-state index contributed by atoms with van der Waals surface area (Å²) in [4.78, 5) is -0.0236. The molecule has 0 radical (unpaired) electrons. The predicted molar refractivity (Wildman–Crippen MR) is 83.5 cm³/mol. The van der Waals surface area contributed by atoms with Crippen LogP contribution in [0.25, 0.3) is 0 Å². The van der Waals surface area contributed by atoms with Crippen LogP contribution in [0.3, 0.4) is 0 Å². The van der Waals surface area contributed by atoms with Gasteiger partial charge in [-0.25, -0.2) is 8.42 Å². The molecule has 0 bridgehead atoms. The molecule has 1 aliphatic heterocycles. The van der Waals surface area contributed by atoms with Crippen LogP contribution in [0.4, 0.5) is 8.78 Å². The monoisotopic (exact) mass is 368 g/mol. The molecule has 5 nitrogen and oxygen atoms in total. The molecule has 2 rings (SSSR count). The second-order valence-corrected chi connectivity index (χ2v) is 7.53. The minimum Gasteiger partial charge on any atom is -0.433 e. The summed E-state index contributed by atoms with van der Waals surface area (Å²) >= 11 is 5.87. The number of sulfonamides is 1. The lowest BCUT2D eigenvalue weighted by molar-refractivity contribution is -0.0498. The zero-order valence-electron chi connectivity index (χ0n) is 12.6. The summed E-state index contributed by atoms with van der Waals surface area (Å²) in [7, 11) is -3.75. The molecule has 1 atom stereocenters. The Morgan fingerprint density at radius 1 is 1.48 bits per heavy atom. The van der Waals surface area contributed by atoms with Crippen molar-refractivity contribution in [1.82, 2.24) is 9.62 Å². The van der Waals surface area contributed by atoms with Gasteiger partial charge in [-0.3, -0.25) is 0 Å².